The van der Waals surface area contributed by atoms with Crippen LogP contribution in [-0.2, 0) is 4.79 Å². The zero-order valence-electron chi connectivity index (χ0n) is 8.64. The topological polar surface area (TPSA) is 43.1 Å². The van der Waals surface area contributed by atoms with Gasteiger partial charge in [0, 0.05) is 18.5 Å². The molecule has 2 nitrogen and oxygen atoms in total. The van der Waals surface area contributed by atoms with Crippen LogP contribution < -0.4 is 5.73 Å². The smallest absolute Gasteiger partial charge is 0.132 e. The standard InChI is InChI=1S/C11H21NO/c1-3-7-11(13)9-6-4-5-8-10(2)12/h2-9,12H2,1H3. The fraction of sp³-hybridized carbons (Fsp3) is 0.727. The Morgan fingerprint density at radius 1 is 1.15 bits per heavy atom. The van der Waals surface area contributed by atoms with E-state index in [2.05, 4.69) is 6.58 Å². The maximum Gasteiger partial charge on any atom is 0.132 e. The molecule has 76 valence electrons. The number of nitrogens with two attached hydrogens (primary N) is 1. The lowest BCUT2D eigenvalue weighted by Gasteiger charge is -2.00. The van der Waals surface area contributed by atoms with E-state index >= 15 is 0 Å². The van der Waals surface area contributed by atoms with E-state index in [0.717, 1.165) is 50.6 Å². The van der Waals surface area contributed by atoms with Gasteiger partial charge in [-0.15, -0.1) is 0 Å². The maximum absolute atomic E-state index is 11.1. The Bertz CT molecular complexity index is 163. The zero-order valence-corrected chi connectivity index (χ0v) is 8.64. The summed E-state index contributed by atoms with van der Waals surface area (Å²) >= 11 is 0. The molecular weight excluding hydrogens is 162 g/mol. The number of Topliss-reactive ketones (excluding diaryl/α,β-unsaturated/α-hetero) is 1. The van der Waals surface area contributed by atoms with Gasteiger partial charge >= 0.3 is 0 Å². The first-order chi connectivity index (χ1) is 6.16. The Morgan fingerprint density at radius 3 is 2.31 bits per heavy atom. The SMILES string of the molecule is C=C(N)CCCCCC(=O)CCC. The van der Waals surface area contributed by atoms with Gasteiger partial charge in [0.15, 0.2) is 0 Å². The summed E-state index contributed by atoms with van der Waals surface area (Å²) in [4.78, 5) is 11.1. The van der Waals surface area contributed by atoms with E-state index in [-0.39, 0.29) is 0 Å². The van der Waals surface area contributed by atoms with E-state index in [4.69, 9.17) is 5.73 Å². The lowest BCUT2D eigenvalue weighted by molar-refractivity contribution is -0.119. The minimum absolute atomic E-state index is 0.397. The lowest BCUT2D eigenvalue weighted by atomic mass is 10.1. The highest BCUT2D eigenvalue weighted by molar-refractivity contribution is 5.78. The van der Waals surface area contributed by atoms with Crippen LogP contribution in [0.4, 0.5) is 0 Å². The third-order valence-electron chi connectivity index (χ3n) is 1.98. The molecule has 0 aliphatic heterocycles. The molecule has 0 unspecified atom stereocenters. The molecule has 2 N–H and O–H groups in total. The van der Waals surface area contributed by atoms with Gasteiger partial charge < -0.3 is 5.73 Å². The van der Waals surface area contributed by atoms with Crippen molar-refractivity contribution in [2.75, 3.05) is 0 Å². The molecule has 0 heterocycles. The third-order valence-corrected chi connectivity index (χ3v) is 1.98. The monoisotopic (exact) mass is 183 g/mol. The van der Waals surface area contributed by atoms with Crippen molar-refractivity contribution in [1.29, 1.82) is 0 Å². The van der Waals surface area contributed by atoms with Crippen molar-refractivity contribution in [1.82, 2.24) is 0 Å². The van der Waals surface area contributed by atoms with E-state index in [1.807, 2.05) is 6.92 Å². The van der Waals surface area contributed by atoms with Gasteiger partial charge in [-0.3, -0.25) is 4.79 Å². The number of carbonyl (C=O) groups is 1. The van der Waals surface area contributed by atoms with Gasteiger partial charge in [0.1, 0.15) is 5.78 Å². The van der Waals surface area contributed by atoms with E-state index in [9.17, 15) is 4.79 Å². The highest BCUT2D eigenvalue weighted by atomic mass is 16.1. The second-order valence-electron chi connectivity index (χ2n) is 3.51. The average molecular weight is 183 g/mol. The molecule has 0 fully saturated rings. The minimum atomic E-state index is 0.397. The molecule has 0 atom stereocenters. The van der Waals surface area contributed by atoms with Crippen LogP contribution >= 0.6 is 0 Å². The Morgan fingerprint density at radius 2 is 1.77 bits per heavy atom. The Balaban J connectivity index is 3.16. The molecule has 0 saturated heterocycles. The molecule has 13 heavy (non-hydrogen) atoms. The van der Waals surface area contributed by atoms with Gasteiger partial charge in [-0.1, -0.05) is 19.9 Å². The van der Waals surface area contributed by atoms with Gasteiger partial charge in [-0.05, 0) is 25.7 Å². The van der Waals surface area contributed by atoms with E-state index in [0.29, 0.717) is 5.78 Å². The van der Waals surface area contributed by atoms with Gasteiger partial charge in [-0.25, -0.2) is 0 Å². The first kappa shape index (κ1) is 12.2. The molecule has 0 aromatic heterocycles. The van der Waals surface area contributed by atoms with E-state index in [1.54, 1.807) is 0 Å². The van der Waals surface area contributed by atoms with Crippen LogP contribution in [0.25, 0.3) is 0 Å². The zero-order chi connectivity index (χ0) is 10.1. The molecular formula is C11H21NO. The quantitative estimate of drug-likeness (QED) is 0.588. The molecule has 0 saturated carbocycles. The summed E-state index contributed by atoms with van der Waals surface area (Å²) in [6, 6.07) is 0. The molecule has 0 rings (SSSR count). The molecule has 0 amide bonds. The molecule has 0 spiro atoms. The fourth-order valence-corrected chi connectivity index (χ4v) is 1.25. The molecule has 0 aromatic rings. The number of allylic oxidation sites excluding steroid dienone is 1. The third kappa shape index (κ3) is 9.12. The second kappa shape index (κ2) is 7.84. The number of rotatable bonds is 8. The van der Waals surface area contributed by atoms with Crippen molar-refractivity contribution in [3.8, 4) is 0 Å². The second-order valence-corrected chi connectivity index (χ2v) is 3.51. The fourth-order valence-electron chi connectivity index (χ4n) is 1.25. The van der Waals surface area contributed by atoms with Gasteiger partial charge in [-0.2, -0.15) is 0 Å². The number of unbranched alkanes of at least 4 members (excludes halogenated alkanes) is 2. The average Bonchev–Trinajstić information content (AvgIpc) is 2.03. The van der Waals surface area contributed by atoms with Crippen molar-refractivity contribution >= 4 is 5.78 Å². The molecule has 0 radical (unpaired) electrons. The van der Waals surface area contributed by atoms with Crippen LogP contribution in [0, 0.1) is 0 Å². The Kier molecular flexibility index (Phi) is 7.36. The molecule has 0 bridgehead atoms. The normalized spacial score (nSPS) is 9.92. The first-order valence-electron chi connectivity index (χ1n) is 5.11. The van der Waals surface area contributed by atoms with Crippen molar-refractivity contribution in [2.45, 2.75) is 51.9 Å². The van der Waals surface area contributed by atoms with Crippen molar-refractivity contribution in [3.05, 3.63) is 12.3 Å². The number of ketones is 1. The van der Waals surface area contributed by atoms with Crippen LogP contribution in [0.3, 0.4) is 0 Å². The first-order valence-corrected chi connectivity index (χ1v) is 5.11. The van der Waals surface area contributed by atoms with Crippen LogP contribution in [0.15, 0.2) is 12.3 Å². The number of carbonyl (C=O) groups excluding carboxylic acids is 1. The molecule has 0 aliphatic rings. The Labute approximate surface area is 81.2 Å². The predicted molar refractivity (Wildman–Crippen MR) is 56.3 cm³/mol. The van der Waals surface area contributed by atoms with Crippen molar-refractivity contribution in [2.24, 2.45) is 5.73 Å². The van der Waals surface area contributed by atoms with Crippen LogP contribution in [0.2, 0.25) is 0 Å². The summed E-state index contributed by atoms with van der Waals surface area (Å²) in [7, 11) is 0. The van der Waals surface area contributed by atoms with Crippen molar-refractivity contribution in [3.63, 3.8) is 0 Å². The highest BCUT2D eigenvalue weighted by Crippen LogP contribution is 2.07. The van der Waals surface area contributed by atoms with Gasteiger partial charge in [0.05, 0.1) is 0 Å². The van der Waals surface area contributed by atoms with Gasteiger partial charge in [0.2, 0.25) is 0 Å². The summed E-state index contributed by atoms with van der Waals surface area (Å²) in [6.07, 6.45) is 6.50. The predicted octanol–water partition coefficient (Wildman–Crippen LogP) is 2.78. The summed E-state index contributed by atoms with van der Waals surface area (Å²) in [6.45, 7) is 5.67. The van der Waals surface area contributed by atoms with E-state index in [1.165, 1.54) is 0 Å². The highest BCUT2D eigenvalue weighted by Gasteiger charge is 1.99. The minimum Gasteiger partial charge on any atom is -0.403 e. The largest absolute Gasteiger partial charge is 0.403 e. The summed E-state index contributed by atoms with van der Waals surface area (Å²) in [5.74, 6) is 0.397. The molecule has 2 heteroatoms. The Hall–Kier alpha value is -0.790. The van der Waals surface area contributed by atoms with Crippen LogP contribution in [-0.4, -0.2) is 5.78 Å². The van der Waals surface area contributed by atoms with Crippen LogP contribution in [0.1, 0.15) is 51.9 Å². The van der Waals surface area contributed by atoms with E-state index < -0.39 is 0 Å². The number of hydrogen-bond donors (Lipinski definition) is 1. The molecule has 0 aromatic carbocycles. The van der Waals surface area contributed by atoms with Crippen LogP contribution in [0.5, 0.6) is 0 Å². The summed E-state index contributed by atoms with van der Waals surface area (Å²) < 4.78 is 0. The van der Waals surface area contributed by atoms with Crippen molar-refractivity contribution < 1.29 is 4.79 Å². The summed E-state index contributed by atoms with van der Waals surface area (Å²) in [5, 5.41) is 0. The lowest BCUT2D eigenvalue weighted by Crippen LogP contribution is -1.97. The summed E-state index contributed by atoms with van der Waals surface area (Å²) in [5.41, 5.74) is 6.17. The maximum atomic E-state index is 11.1. The number of hydrogen-bond acceptors (Lipinski definition) is 2. The van der Waals surface area contributed by atoms with Gasteiger partial charge in [0.25, 0.3) is 0 Å². The molecule has 0 aliphatic carbocycles.